The van der Waals surface area contributed by atoms with Crippen molar-refractivity contribution in [2.24, 2.45) is 23.0 Å². The lowest BCUT2D eigenvalue weighted by atomic mass is 9.57. The molecule has 0 radical (unpaired) electrons. The molecule has 2 N–H and O–H groups in total. The summed E-state index contributed by atoms with van der Waals surface area (Å²) in [5.74, 6) is -0.503. The van der Waals surface area contributed by atoms with Gasteiger partial charge in [0.05, 0.1) is 12.1 Å². The number of rotatable bonds is 4. The number of hydrogen-bond acceptors (Lipinski definition) is 4. The van der Waals surface area contributed by atoms with Crippen molar-refractivity contribution in [3.8, 4) is 5.75 Å². The summed E-state index contributed by atoms with van der Waals surface area (Å²) in [6, 6.07) is 2.82. The molecule has 10 heteroatoms. The number of primary amides is 1. The molecule has 3 aliphatic rings. The Balaban J connectivity index is 1.20. The average molecular weight is 412 g/mol. The van der Waals surface area contributed by atoms with Crippen LogP contribution in [0.25, 0.3) is 0 Å². The highest BCUT2D eigenvalue weighted by Crippen LogP contribution is 2.53. The van der Waals surface area contributed by atoms with Gasteiger partial charge >= 0.3 is 12.4 Å². The van der Waals surface area contributed by atoms with Crippen molar-refractivity contribution in [2.45, 2.75) is 32.0 Å². The second-order valence-electron chi connectivity index (χ2n) is 8.48. The standard InChI is InChI=1S/C19H23F3N4O3/c20-19(21,22)29-15-2-1-14(24-8-15)5-12-6-18(7-12)10-26(11-18)17(28)25-4-3-13(9-25)16(23)27/h1-2,8,12-13H,3-7,9-11H2,(H2,23,27). The smallest absolute Gasteiger partial charge is 0.404 e. The molecule has 2 aliphatic heterocycles. The maximum atomic E-state index is 12.5. The van der Waals surface area contributed by atoms with Crippen LogP contribution in [0.3, 0.4) is 0 Å². The summed E-state index contributed by atoms with van der Waals surface area (Å²) in [4.78, 5) is 31.4. The molecule has 2 saturated heterocycles. The van der Waals surface area contributed by atoms with Gasteiger partial charge in [0.15, 0.2) is 0 Å². The summed E-state index contributed by atoms with van der Waals surface area (Å²) in [6.07, 6.45) is -0.341. The van der Waals surface area contributed by atoms with Crippen molar-refractivity contribution in [3.05, 3.63) is 24.0 Å². The number of ether oxygens (including phenoxy) is 1. The van der Waals surface area contributed by atoms with Crippen LogP contribution in [-0.2, 0) is 11.2 Å². The van der Waals surface area contributed by atoms with Crippen LogP contribution in [0, 0.1) is 17.3 Å². The Kier molecular flexibility index (Phi) is 4.82. The van der Waals surface area contributed by atoms with Gasteiger partial charge in [0.1, 0.15) is 5.75 Å². The molecule has 1 spiro atoms. The first-order valence-electron chi connectivity index (χ1n) is 9.66. The van der Waals surface area contributed by atoms with E-state index >= 15 is 0 Å². The van der Waals surface area contributed by atoms with Crippen molar-refractivity contribution < 1.29 is 27.5 Å². The molecule has 0 aromatic carbocycles. The van der Waals surface area contributed by atoms with E-state index < -0.39 is 6.36 Å². The largest absolute Gasteiger partial charge is 0.573 e. The normalized spacial score (nSPS) is 23.6. The summed E-state index contributed by atoms with van der Waals surface area (Å²) in [5, 5.41) is 0. The fourth-order valence-electron chi connectivity index (χ4n) is 4.85. The van der Waals surface area contributed by atoms with Crippen LogP contribution in [0.15, 0.2) is 18.3 Å². The molecule has 1 aromatic rings. The number of nitrogens with zero attached hydrogens (tertiary/aromatic N) is 3. The molecule has 1 unspecified atom stereocenters. The van der Waals surface area contributed by atoms with E-state index in [9.17, 15) is 22.8 Å². The van der Waals surface area contributed by atoms with E-state index in [0.29, 0.717) is 44.9 Å². The maximum Gasteiger partial charge on any atom is 0.573 e. The second kappa shape index (κ2) is 7.07. The van der Waals surface area contributed by atoms with Gasteiger partial charge in [-0.3, -0.25) is 9.78 Å². The Labute approximate surface area is 166 Å². The molecular weight excluding hydrogens is 389 g/mol. The van der Waals surface area contributed by atoms with E-state index in [1.807, 2.05) is 4.90 Å². The van der Waals surface area contributed by atoms with Gasteiger partial charge in [-0.2, -0.15) is 0 Å². The summed E-state index contributed by atoms with van der Waals surface area (Å²) >= 11 is 0. The molecule has 0 bridgehead atoms. The van der Waals surface area contributed by atoms with Crippen LogP contribution in [0.1, 0.15) is 25.0 Å². The van der Waals surface area contributed by atoms with Gasteiger partial charge < -0.3 is 20.3 Å². The molecule has 29 heavy (non-hydrogen) atoms. The number of carbonyl (C=O) groups is 2. The molecule has 3 amide bonds. The number of alkyl halides is 3. The average Bonchev–Trinajstić information content (AvgIpc) is 3.06. The van der Waals surface area contributed by atoms with Gasteiger partial charge in [-0.1, -0.05) is 0 Å². The molecule has 4 rings (SSSR count). The van der Waals surface area contributed by atoms with Crippen LogP contribution in [-0.4, -0.2) is 59.3 Å². The molecule has 1 saturated carbocycles. The number of carbonyl (C=O) groups excluding carboxylic acids is 2. The summed E-state index contributed by atoms with van der Waals surface area (Å²) in [6.45, 7) is 2.40. The third kappa shape index (κ3) is 4.25. The lowest BCUT2D eigenvalue weighted by molar-refractivity contribution is -0.274. The SMILES string of the molecule is NC(=O)C1CCN(C(=O)N2CC3(CC(Cc4ccc(OC(F)(F)F)cn4)C3)C2)C1. The zero-order valence-corrected chi connectivity index (χ0v) is 15.8. The van der Waals surface area contributed by atoms with Gasteiger partial charge in [-0.15, -0.1) is 13.2 Å². The zero-order chi connectivity index (χ0) is 20.8. The summed E-state index contributed by atoms with van der Waals surface area (Å²) in [7, 11) is 0. The number of nitrogens with two attached hydrogens (primary N) is 1. The maximum absolute atomic E-state index is 12.5. The number of amides is 3. The highest BCUT2D eigenvalue weighted by molar-refractivity contribution is 5.80. The van der Waals surface area contributed by atoms with E-state index in [-0.39, 0.29) is 29.0 Å². The Morgan fingerprint density at radius 3 is 2.52 bits per heavy atom. The number of likely N-dealkylation sites (tertiary alicyclic amines) is 2. The van der Waals surface area contributed by atoms with Crippen LogP contribution in [0.5, 0.6) is 5.75 Å². The predicted octanol–water partition coefficient (Wildman–Crippen LogP) is 2.16. The van der Waals surface area contributed by atoms with E-state index in [2.05, 4.69) is 9.72 Å². The fraction of sp³-hybridized carbons (Fsp3) is 0.632. The minimum absolute atomic E-state index is 0.0234. The first kappa shape index (κ1) is 19.8. The van der Waals surface area contributed by atoms with Crippen molar-refractivity contribution in [1.82, 2.24) is 14.8 Å². The number of pyridine rings is 1. The van der Waals surface area contributed by atoms with Crippen molar-refractivity contribution in [1.29, 1.82) is 0 Å². The van der Waals surface area contributed by atoms with Crippen molar-refractivity contribution in [3.63, 3.8) is 0 Å². The van der Waals surface area contributed by atoms with Crippen LogP contribution < -0.4 is 10.5 Å². The van der Waals surface area contributed by atoms with Crippen LogP contribution in [0.4, 0.5) is 18.0 Å². The molecule has 1 aliphatic carbocycles. The third-order valence-electron chi connectivity index (χ3n) is 6.16. The molecular formula is C19H23F3N4O3. The number of aromatic nitrogens is 1. The van der Waals surface area contributed by atoms with Gasteiger partial charge in [0.2, 0.25) is 5.91 Å². The third-order valence-corrected chi connectivity index (χ3v) is 6.16. The number of halogens is 3. The Morgan fingerprint density at radius 2 is 1.97 bits per heavy atom. The Hall–Kier alpha value is -2.52. The Bertz CT molecular complexity index is 785. The van der Waals surface area contributed by atoms with E-state index in [4.69, 9.17) is 5.73 Å². The van der Waals surface area contributed by atoms with Gasteiger partial charge in [-0.25, -0.2) is 4.79 Å². The summed E-state index contributed by atoms with van der Waals surface area (Å²) < 4.78 is 40.4. The highest BCUT2D eigenvalue weighted by atomic mass is 19.4. The molecule has 158 valence electrons. The van der Waals surface area contributed by atoms with Gasteiger partial charge in [-0.05, 0) is 43.7 Å². The minimum atomic E-state index is -4.72. The van der Waals surface area contributed by atoms with Gasteiger partial charge in [0.25, 0.3) is 0 Å². The minimum Gasteiger partial charge on any atom is -0.404 e. The van der Waals surface area contributed by atoms with E-state index in [1.54, 1.807) is 11.0 Å². The summed E-state index contributed by atoms with van der Waals surface area (Å²) in [5.41, 5.74) is 6.21. The number of urea groups is 1. The molecule has 3 fully saturated rings. The van der Waals surface area contributed by atoms with Crippen LogP contribution >= 0.6 is 0 Å². The molecule has 7 nitrogen and oxygen atoms in total. The molecule has 3 heterocycles. The van der Waals surface area contributed by atoms with E-state index in [1.165, 1.54) is 6.07 Å². The predicted molar refractivity (Wildman–Crippen MR) is 95.6 cm³/mol. The number of hydrogen-bond donors (Lipinski definition) is 1. The second-order valence-corrected chi connectivity index (χ2v) is 8.48. The van der Waals surface area contributed by atoms with Crippen molar-refractivity contribution >= 4 is 11.9 Å². The fourth-order valence-corrected chi connectivity index (χ4v) is 4.85. The first-order valence-corrected chi connectivity index (χ1v) is 9.66. The lowest BCUT2D eigenvalue weighted by Crippen LogP contribution is -2.65. The monoisotopic (exact) mass is 412 g/mol. The van der Waals surface area contributed by atoms with Crippen LogP contribution in [0.2, 0.25) is 0 Å². The lowest BCUT2D eigenvalue weighted by Gasteiger charge is -2.59. The quantitative estimate of drug-likeness (QED) is 0.821. The topological polar surface area (TPSA) is 88.8 Å². The first-order chi connectivity index (χ1) is 13.6. The van der Waals surface area contributed by atoms with Gasteiger partial charge in [0, 0.05) is 37.3 Å². The van der Waals surface area contributed by atoms with E-state index in [0.717, 1.165) is 24.7 Å². The van der Waals surface area contributed by atoms with Crippen molar-refractivity contribution in [2.75, 3.05) is 26.2 Å². The zero-order valence-electron chi connectivity index (χ0n) is 15.8. The molecule has 1 atom stereocenters. The highest BCUT2D eigenvalue weighted by Gasteiger charge is 2.54. The molecule has 1 aromatic heterocycles. The Morgan fingerprint density at radius 1 is 1.24 bits per heavy atom.